The molecule has 146 valence electrons. The summed E-state index contributed by atoms with van der Waals surface area (Å²) in [6.45, 7) is 7.56. The Bertz CT molecular complexity index is 992. The van der Waals surface area contributed by atoms with E-state index in [9.17, 15) is 9.59 Å². The predicted molar refractivity (Wildman–Crippen MR) is 112 cm³/mol. The molecule has 0 bridgehead atoms. The average molecular weight is 378 g/mol. The molecule has 0 fully saturated rings. The van der Waals surface area contributed by atoms with E-state index in [1.165, 1.54) is 6.07 Å². The van der Waals surface area contributed by atoms with Crippen LogP contribution in [0, 0.1) is 0 Å². The molecule has 0 aliphatic carbocycles. The van der Waals surface area contributed by atoms with Crippen LogP contribution in [0.2, 0.25) is 0 Å². The van der Waals surface area contributed by atoms with Gasteiger partial charge in [0.25, 0.3) is 0 Å². The summed E-state index contributed by atoms with van der Waals surface area (Å²) >= 11 is 0. The minimum Gasteiger partial charge on any atom is -0.456 e. The Morgan fingerprint density at radius 2 is 1.79 bits per heavy atom. The van der Waals surface area contributed by atoms with Crippen LogP contribution in [0.1, 0.15) is 19.4 Å². The summed E-state index contributed by atoms with van der Waals surface area (Å²) in [5, 5.41) is 3.45. The third-order valence-corrected chi connectivity index (χ3v) is 4.89. The molecular formula is C23H26N2O3. The van der Waals surface area contributed by atoms with E-state index in [2.05, 4.69) is 24.1 Å². The molecule has 1 N–H and O–H groups in total. The van der Waals surface area contributed by atoms with Gasteiger partial charge in [0.15, 0.2) is 5.43 Å². The third-order valence-electron chi connectivity index (χ3n) is 4.89. The molecule has 1 heterocycles. The molecule has 2 aromatic carbocycles. The fraction of sp³-hybridized carbons (Fsp3) is 0.304. The van der Waals surface area contributed by atoms with Crippen molar-refractivity contribution in [3.05, 3.63) is 70.4 Å². The van der Waals surface area contributed by atoms with Gasteiger partial charge in [-0.1, -0.05) is 56.3 Å². The number of rotatable bonds is 8. The zero-order chi connectivity index (χ0) is 19.9. The lowest BCUT2D eigenvalue weighted by Gasteiger charge is -2.18. The Morgan fingerprint density at radius 1 is 1.04 bits per heavy atom. The number of carbonyl (C=O) groups is 1. The molecule has 0 atom stereocenters. The van der Waals surface area contributed by atoms with Crippen molar-refractivity contribution in [2.24, 2.45) is 0 Å². The van der Waals surface area contributed by atoms with E-state index in [1.807, 2.05) is 36.4 Å². The summed E-state index contributed by atoms with van der Waals surface area (Å²) in [6, 6.07) is 16.4. The van der Waals surface area contributed by atoms with Gasteiger partial charge in [-0.2, -0.15) is 0 Å². The van der Waals surface area contributed by atoms with Gasteiger partial charge in [-0.25, -0.2) is 0 Å². The summed E-state index contributed by atoms with van der Waals surface area (Å²) in [6.07, 6.45) is 0.177. The highest BCUT2D eigenvalue weighted by Gasteiger charge is 2.13. The highest BCUT2D eigenvalue weighted by atomic mass is 16.3. The second-order valence-corrected chi connectivity index (χ2v) is 6.69. The van der Waals surface area contributed by atoms with Gasteiger partial charge in [-0.15, -0.1) is 0 Å². The van der Waals surface area contributed by atoms with Crippen molar-refractivity contribution in [2.45, 2.75) is 20.3 Å². The number of hydrogen-bond acceptors (Lipinski definition) is 4. The standard InChI is InChI=1S/C23H26N2O3/c1-3-25(4-2)14-13-24-22(27)15-18-11-8-12-19-20(26)16-21(28-23(18)19)17-9-6-5-7-10-17/h5-12,16H,3-4,13-15H2,1-2H3,(H,24,27). The van der Waals surface area contributed by atoms with E-state index in [4.69, 9.17) is 4.42 Å². The molecule has 3 rings (SSSR count). The molecule has 1 amide bonds. The maximum atomic E-state index is 12.6. The van der Waals surface area contributed by atoms with E-state index in [-0.39, 0.29) is 17.8 Å². The zero-order valence-corrected chi connectivity index (χ0v) is 16.4. The maximum absolute atomic E-state index is 12.6. The summed E-state index contributed by atoms with van der Waals surface area (Å²) < 4.78 is 6.05. The number of benzene rings is 2. The Hall–Kier alpha value is -2.92. The summed E-state index contributed by atoms with van der Waals surface area (Å²) in [5.74, 6) is 0.430. The normalized spacial score (nSPS) is 11.1. The molecule has 1 aromatic heterocycles. The number of hydrogen-bond donors (Lipinski definition) is 1. The SMILES string of the molecule is CCN(CC)CCNC(=O)Cc1cccc2c(=O)cc(-c3ccccc3)oc12. The molecule has 0 saturated carbocycles. The Balaban J connectivity index is 1.82. The number of likely N-dealkylation sites (N-methyl/N-ethyl adjacent to an activating group) is 1. The monoisotopic (exact) mass is 378 g/mol. The zero-order valence-electron chi connectivity index (χ0n) is 16.4. The first-order chi connectivity index (χ1) is 13.6. The summed E-state index contributed by atoms with van der Waals surface area (Å²) in [5.41, 5.74) is 1.92. The quantitative estimate of drug-likeness (QED) is 0.652. The van der Waals surface area contributed by atoms with Gasteiger partial charge in [0.05, 0.1) is 11.8 Å². The Kier molecular flexibility index (Phi) is 6.61. The molecule has 0 unspecified atom stereocenters. The topological polar surface area (TPSA) is 62.6 Å². The van der Waals surface area contributed by atoms with Gasteiger partial charge in [0.1, 0.15) is 11.3 Å². The first kappa shape index (κ1) is 19.8. The second-order valence-electron chi connectivity index (χ2n) is 6.69. The molecule has 0 aliphatic heterocycles. The van der Waals surface area contributed by atoms with Crippen LogP contribution < -0.4 is 10.7 Å². The molecular weight excluding hydrogens is 352 g/mol. The van der Waals surface area contributed by atoms with Crippen molar-refractivity contribution in [1.29, 1.82) is 0 Å². The highest BCUT2D eigenvalue weighted by Crippen LogP contribution is 2.24. The Morgan fingerprint density at radius 3 is 2.50 bits per heavy atom. The first-order valence-electron chi connectivity index (χ1n) is 9.72. The van der Waals surface area contributed by atoms with Crippen LogP contribution in [0.4, 0.5) is 0 Å². The van der Waals surface area contributed by atoms with Crippen molar-refractivity contribution in [1.82, 2.24) is 10.2 Å². The Labute approximate surface area is 165 Å². The van der Waals surface area contributed by atoms with Gasteiger partial charge in [-0.3, -0.25) is 9.59 Å². The number of fused-ring (bicyclic) bond motifs is 1. The molecule has 0 spiro atoms. The average Bonchev–Trinajstić information content (AvgIpc) is 2.72. The third kappa shape index (κ3) is 4.67. The maximum Gasteiger partial charge on any atom is 0.224 e. The van der Waals surface area contributed by atoms with Crippen LogP contribution in [0.3, 0.4) is 0 Å². The van der Waals surface area contributed by atoms with Crippen molar-refractivity contribution in [3.8, 4) is 11.3 Å². The smallest absolute Gasteiger partial charge is 0.224 e. The highest BCUT2D eigenvalue weighted by molar-refractivity contribution is 5.87. The van der Waals surface area contributed by atoms with Crippen molar-refractivity contribution in [3.63, 3.8) is 0 Å². The molecule has 5 heteroatoms. The molecule has 3 aromatic rings. The van der Waals surface area contributed by atoms with Crippen LogP contribution in [0.25, 0.3) is 22.3 Å². The van der Waals surface area contributed by atoms with Gasteiger partial charge in [0, 0.05) is 30.3 Å². The lowest BCUT2D eigenvalue weighted by atomic mass is 10.1. The number of carbonyl (C=O) groups excluding carboxylic acids is 1. The molecule has 0 radical (unpaired) electrons. The van der Waals surface area contributed by atoms with E-state index in [1.54, 1.807) is 12.1 Å². The van der Waals surface area contributed by atoms with E-state index >= 15 is 0 Å². The summed E-state index contributed by atoms with van der Waals surface area (Å²) in [4.78, 5) is 27.2. The number of amides is 1. The van der Waals surface area contributed by atoms with E-state index < -0.39 is 0 Å². The molecule has 28 heavy (non-hydrogen) atoms. The van der Waals surface area contributed by atoms with Crippen LogP contribution in [0.5, 0.6) is 0 Å². The minimum absolute atomic E-state index is 0.0765. The lowest BCUT2D eigenvalue weighted by Crippen LogP contribution is -2.35. The number of nitrogens with zero attached hydrogens (tertiary/aromatic N) is 1. The number of para-hydroxylation sites is 1. The fourth-order valence-electron chi connectivity index (χ4n) is 3.25. The van der Waals surface area contributed by atoms with Gasteiger partial charge < -0.3 is 14.6 Å². The van der Waals surface area contributed by atoms with Crippen LogP contribution in [-0.2, 0) is 11.2 Å². The summed E-state index contributed by atoms with van der Waals surface area (Å²) in [7, 11) is 0. The van der Waals surface area contributed by atoms with Crippen LogP contribution in [0.15, 0.2) is 63.8 Å². The number of nitrogens with one attached hydrogen (secondary N) is 1. The van der Waals surface area contributed by atoms with E-state index in [0.717, 1.165) is 25.2 Å². The second kappa shape index (κ2) is 9.33. The molecule has 5 nitrogen and oxygen atoms in total. The first-order valence-corrected chi connectivity index (χ1v) is 9.72. The van der Waals surface area contributed by atoms with Crippen LogP contribution in [-0.4, -0.2) is 37.0 Å². The van der Waals surface area contributed by atoms with Crippen molar-refractivity contribution < 1.29 is 9.21 Å². The van der Waals surface area contributed by atoms with Crippen molar-refractivity contribution >= 4 is 16.9 Å². The van der Waals surface area contributed by atoms with Crippen LogP contribution >= 0.6 is 0 Å². The fourth-order valence-corrected chi connectivity index (χ4v) is 3.25. The van der Waals surface area contributed by atoms with E-state index in [0.29, 0.717) is 28.8 Å². The van der Waals surface area contributed by atoms with Crippen molar-refractivity contribution in [2.75, 3.05) is 26.2 Å². The van der Waals surface area contributed by atoms with Gasteiger partial charge >= 0.3 is 0 Å². The lowest BCUT2D eigenvalue weighted by molar-refractivity contribution is -0.120. The molecule has 0 aliphatic rings. The largest absolute Gasteiger partial charge is 0.456 e. The predicted octanol–water partition coefficient (Wildman–Crippen LogP) is 3.46. The van der Waals surface area contributed by atoms with Gasteiger partial charge in [-0.05, 0) is 19.2 Å². The minimum atomic E-state index is -0.108. The van der Waals surface area contributed by atoms with Gasteiger partial charge in [0.2, 0.25) is 5.91 Å². The molecule has 0 saturated heterocycles.